The number of hydrogen-bond acceptors (Lipinski definition) is 5. The summed E-state index contributed by atoms with van der Waals surface area (Å²) in [6.45, 7) is 8.08. The van der Waals surface area contributed by atoms with Gasteiger partial charge in [0.1, 0.15) is 0 Å². The highest BCUT2D eigenvalue weighted by molar-refractivity contribution is 5.07. The van der Waals surface area contributed by atoms with E-state index in [1.165, 1.54) is 57.8 Å². The fourth-order valence-corrected chi connectivity index (χ4v) is 7.06. The van der Waals surface area contributed by atoms with Gasteiger partial charge in [0.25, 0.3) is 0 Å². The number of hydrogen-bond donors (Lipinski definition) is 1. The lowest BCUT2D eigenvalue weighted by Crippen LogP contribution is -2.63. The zero-order chi connectivity index (χ0) is 19.7. The number of ether oxygens (including phenoxy) is 3. The SMILES string of the molecule is CC1CCN2CC[C@@]3(COCCN3)[C@@H]2COC2CCC(CC2)C2CCCCC2O1. The van der Waals surface area contributed by atoms with E-state index in [9.17, 15) is 0 Å². The summed E-state index contributed by atoms with van der Waals surface area (Å²) in [5.41, 5.74) is 0.0884. The third-order valence-corrected chi connectivity index (χ3v) is 8.80. The van der Waals surface area contributed by atoms with Crippen LogP contribution in [0.1, 0.15) is 71.1 Å². The molecule has 0 amide bonds. The molecule has 5 nitrogen and oxygen atoms in total. The Morgan fingerprint density at radius 3 is 2.66 bits per heavy atom. The molecule has 2 aliphatic carbocycles. The summed E-state index contributed by atoms with van der Waals surface area (Å²) in [6, 6.07) is 0.429. The molecular formula is C24H42N2O3. The number of rotatable bonds is 0. The molecule has 0 radical (unpaired) electrons. The van der Waals surface area contributed by atoms with Gasteiger partial charge in [-0.05, 0) is 70.1 Å². The molecular weight excluding hydrogens is 364 g/mol. The second kappa shape index (κ2) is 9.12. The average molecular weight is 407 g/mol. The molecule has 1 N–H and O–H groups in total. The van der Waals surface area contributed by atoms with E-state index >= 15 is 0 Å². The first-order valence-corrected chi connectivity index (χ1v) is 12.6. The van der Waals surface area contributed by atoms with Gasteiger partial charge in [-0.3, -0.25) is 4.90 Å². The van der Waals surface area contributed by atoms with E-state index in [1.807, 2.05) is 0 Å². The second-order valence-corrected chi connectivity index (χ2v) is 10.5. The van der Waals surface area contributed by atoms with Crippen LogP contribution in [0.25, 0.3) is 0 Å². The summed E-state index contributed by atoms with van der Waals surface area (Å²) in [4.78, 5) is 2.68. The van der Waals surface area contributed by atoms with Crippen LogP contribution in [0.2, 0.25) is 0 Å². The van der Waals surface area contributed by atoms with Gasteiger partial charge in [0.05, 0.1) is 49.7 Å². The monoisotopic (exact) mass is 406 g/mol. The Morgan fingerprint density at radius 2 is 1.83 bits per heavy atom. The van der Waals surface area contributed by atoms with E-state index in [1.54, 1.807) is 0 Å². The molecule has 5 atom stereocenters. The summed E-state index contributed by atoms with van der Waals surface area (Å²) in [7, 11) is 0. The molecule has 6 aliphatic rings. The molecule has 1 spiro atoms. The number of nitrogens with zero attached hydrogens (tertiary/aromatic N) is 1. The lowest BCUT2D eigenvalue weighted by atomic mass is 9.71. The molecule has 166 valence electrons. The fraction of sp³-hybridized carbons (Fsp3) is 1.00. The highest BCUT2D eigenvalue weighted by Crippen LogP contribution is 2.41. The minimum Gasteiger partial charge on any atom is -0.378 e. The molecule has 4 saturated heterocycles. The summed E-state index contributed by atoms with van der Waals surface area (Å²) in [5, 5.41) is 3.84. The molecule has 0 aromatic rings. The van der Waals surface area contributed by atoms with Gasteiger partial charge in [0.2, 0.25) is 0 Å². The first kappa shape index (κ1) is 20.7. The van der Waals surface area contributed by atoms with Crippen molar-refractivity contribution in [2.75, 3.05) is 39.5 Å². The normalized spacial score (nSPS) is 47.5. The minimum absolute atomic E-state index is 0.0884. The van der Waals surface area contributed by atoms with Gasteiger partial charge in [-0.25, -0.2) is 0 Å². The van der Waals surface area contributed by atoms with Crippen LogP contribution in [-0.2, 0) is 14.2 Å². The zero-order valence-electron chi connectivity index (χ0n) is 18.4. The Balaban J connectivity index is 1.32. The third-order valence-electron chi connectivity index (χ3n) is 8.80. The maximum absolute atomic E-state index is 6.74. The predicted molar refractivity (Wildman–Crippen MR) is 114 cm³/mol. The van der Waals surface area contributed by atoms with Crippen LogP contribution in [0, 0.1) is 11.8 Å². The van der Waals surface area contributed by atoms with E-state index in [-0.39, 0.29) is 5.54 Å². The first-order chi connectivity index (χ1) is 14.2. The molecule has 0 aromatic carbocycles. The van der Waals surface area contributed by atoms with E-state index in [0.29, 0.717) is 24.4 Å². The lowest BCUT2D eigenvalue weighted by Gasteiger charge is -2.44. The quantitative estimate of drug-likeness (QED) is 0.668. The van der Waals surface area contributed by atoms with Crippen molar-refractivity contribution >= 4 is 0 Å². The third kappa shape index (κ3) is 4.41. The summed E-state index contributed by atoms with van der Waals surface area (Å²) in [6.07, 6.45) is 14.2. The maximum Gasteiger partial charge on any atom is 0.0665 e. The number of fused-ring (bicyclic) bond motifs is 6. The van der Waals surface area contributed by atoms with Gasteiger partial charge >= 0.3 is 0 Å². The predicted octanol–water partition coefficient (Wildman–Crippen LogP) is 3.36. The van der Waals surface area contributed by atoms with E-state index in [0.717, 1.165) is 57.7 Å². The van der Waals surface area contributed by atoms with Crippen molar-refractivity contribution < 1.29 is 14.2 Å². The van der Waals surface area contributed by atoms with Crippen LogP contribution in [0.3, 0.4) is 0 Å². The second-order valence-electron chi connectivity index (χ2n) is 10.5. The van der Waals surface area contributed by atoms with Gasteiger partial charge in [-0.1, -0.05) is 12.8 Å². The van der Waals surface area contributed by atoms with Crippen molar-refractivity contribution in [3.05, 3.63) is 0 Å². The zero-order valence-corrected chi connectivity index (χ0v) is 18.4. The standard InChI is InChI=1S/C24H42N2O3/c1-18-10-13-26-14-11-24(17-27-15-12-25-24)23(26)16-28-20-8-6-19(7-9-20)21-4-2-3-5-22(21)29-18/h18-23,25H,2-17H2,1H3/t18?,19?,20?,21?,22?,23-,24+/m0/s1. The highest BCUT2D eigenvalue weighted by atomic mass is 16.5. The number of morpholine rings is 1. The minimum atomic E-state index is 0.0884. The lowest BCUT2D eigenvalue weighted by molar-refractivity contribution is -0.0948. The first-order valence-electron chi connectivity index (χ1n) is 12.6. The fourth-order valence-electron chi connectivity index (χ4n) is 7.06. The van der Waals surface area contributed by atoms with Crippen LogP contribution in [0.5, 0.6) is 0 Å². The van der Waals surface area contributed by atoms with Crippen LogP contribution < -0.4 is 5.32 Å². The Kier molecular flexibility index (Phi) is 6.50. The van der Waals surface area contributed by atoms with Gasteiger partial charge in [0.15, 0.2) is 0 Å². The highest BCUT2D eigenvalue weighted by Gasteiger charge is 2.49. The van der Waals surface area contributed by atoms with Crippen LogP contribution in [0.4, 0.5) is 0 Å². The Hall–Kier alpha value is -0.200. The van der Waals surface area contributed by atoms with Crippen molar-refractivity contribution in [3.8, 4) is 0 Å². The summed E-state index contributed by atoms with van der Waals surface area (Å²) in [5.74, 6) is 1.65. The van der Waals surface area contributed by atoms with Crippen molar-refractivity contribution in [1.29, 1.82) is 0 Å². The molecule has 2 saturated carbocycles. The largest absolute Gasteiger partial charge is 0.378 e. The topological polar surface area (TPSA) is 43.0 Å². The van der Waals surface area contributed by atoms with Gasteiger partial charge in [-0.2, -0.15) is 0 Å². The Morgan fingerprint density at radius 1 is 0.966 bits per heavy atom. The average Bonchev–Trinajstić information content (AvgIpc) is 3.08. The van der Waals surface area contributed by atoms with Crippen LogP contribution in [-0.4, -0.2) is 74.2 Å². The van der Waals surface area contributed by atoms with Gasteiger partial charge in [-0.15, -0.1) is 0 Å². The van der Waals surface area contributed by atoms with E-state index in [2.05, 4.69) is 17.1 Å². The smallest absolute Gasteiger partial charge is 0.0665 e. The van der Waals surface area contributed by atoms with E-state index in [4.69, 9.17) is 14.2 Å². The molecule has 29 heavy (non-hydrogen) atoms. The van der Waals surface area contributed by atoms with Gasteiger partial charge < -0.3 is 19.5 Å². The summed E-state index contributed by atoms with van der Waals surface area (Å²) < 4.78 is 19.3. The summed E-state index contributed by atoms with van der Waals surface area (Å²) >= 11 is 0. The van der Waals surface area contributed by atoms with Crippen LogP contribution in [0.15, 0.2) is 0 Å². The molecule has 4 aliphatic heterocycles. The van der Waals surface area contributed by atoms with Crippen molar-refractivity contribution in [2.45, 2.75) is 101 Å². The molecule has 4 heterocycles. The molecule has 2 bridgehead atoms. The molecule has 5 heteroatoms. The molecule has 6 rings (SSSR count). The van der Waals surface area contributed by atoms with Gasteiger partial charge in [0, 0.05) is 19.6 Å². The molecule has 0 aromatic heterocycles. The van der Waals surface area contributed by atoms with E-state index < -0.39 is 0 Å². The Bertz CT molecular complexity index is 530. The van der Waals surface area contributed by atoms with Crippen molar-refractivity contribution in [1.82, 2.24) is 10.2 Å². The Labute approximate surface area is 177 Å². The molecule has 6 fully saturated rings. The van der Waals surface area contributed by atoms with Crippen molar-refractivity contribution in [3.63, 3.8) is 0 Å². The van der Waals surface area contributed by atoms with Crippen LogP contribution >= 0.6 is 0 Å². The maximum atomic E-state index is 6.74. The van der Waals surface area contributed by atoms with Crippen molar-refractivity contribution in [2.24, 2.45) is 11.8 Å². The molecule has 3 unspecified atom stereocenters. The number of nitrogens with one attached hydrogen (secondary N) is 1.